The molecule has 0 radical (unpaired) electrons. The SMILES string of the molecule is Cn1cc2c(N3CCC(N(c4cc(C(F)(F)F)ncn4)C4CC4)CC3)ncnc2n1. The number of anilines is 2. The highest BCUT2D eigenvalue weighted by molar-refractivity contribution is 5.86. The van der Waals surface area contributed by atoms with Crippen LogP contribution < -0.4 is 9.80 Å². The first-order chi connectivity index (χ1) is 14.4. The zero-order chi connectivity index (χ0) is 20.9. The van der Waals surface area contributed by atoms with Gasteiger partial charge in [0.2, 0.25) is 0 Å². The quantitative estimate of drug-likeness (QED) is 0.645. The van der Waals surface area contributed by atoms with E-state index in [1.165, 1.54) is 6.33 Å². The summed E-state index contributed by atoms with van der Waals surface area (Å²) in [5.74, 6) is 1.22. The molecule has 2 fully saturated rings. The smallest absolute Gasteiger partial charge is 0.356 e. The normalized spacial score (nSPS) is 18.2. The van der Waals surface area contributed by atoms with Gasteiger partial charge in [-0.2, -0.15) is 18.3 Å². The molecule has 0 aromatic carbocycles. The molecule has 30 heavy (non-hydrogen) atoms. The summed E-state index contributed by atoms with van der Waals surface area (Å²) in [6, 6.07) is 1.46. The maximum Gasteiger partial charge on any atom is 0.433 e. The van der Waals surface area contributed by atoms with Gasteiger partial charge in [0.15, 0.2) is 5.65 Å². The van der Waals surface area contributed by atoms with Crippen LogP contribution in [0.5, 0.6) is 0 Å². The molecule has 158 valence electrons. The first-order valence-electron chi connectivity index (χ1n) is 9.97. The molecule has 1 aliphatic carbocycles. The van der Waals surface area contributed by atoms with Crippen molar-refractivity contribution >= 4 is 22.7 Å². The van der Waals surface area contributed by atoms with Gasteiger partial charge in [0.05, 0.1) is 5.39 Å². The van der Waals surface area contributed by atoms with Crippen molar-refractivity contribution in [1.29, 1.82) is 0 Å². The zero-order valence-corrected chi connectivity index (χ0v) is 16.4. The van der Waals surface area contributed by atoms with Gasteiger partial charge < -0.3 is 9.80 Å². The van der Waals surface area contributed by atoms with E-state index in [9.17, 15) is 13.2 Å². The average molecular weight is 418 g/mol. The molecule has 3 aromatic rings. The predicted molar refractivity (Wildman–Crippen MR) is 104 cm³/mol. The van der Waals surface area contributed by atoms with Crippen molar-refractivity contribution in [2.75, 3.05) is 22.9 Å². The van der Waals surface area contributed by atoms with E-state index in [1.807, 2.05) is 13.2 Å². The molecule has 0 atom stereocenters. The minimum atomic E-state index is -4.47. The number of hydrogen-bond acceptors (Lipinski definition) is 7. The topological polar surface area (TPSA) is 75.9 Å². The van der Waals surface area contributed by atoms with Gasteiger partial charge in [-0.1, -0.05) is 0 Å². The lowest BCUT2D eigenvalue weighted by Crippen LogP contribution is -2.46. The van der Waals surface area contributed by atoms with Crippen molar-refractivity contribution in [1.82, 2.24) is 29.7 Å². The molecule has 0 N–H and O–H groups in total. The van der Waals surface area contributed by atoms with E-state index in [0.717, 1.165) is 62.4 Å². The first-order valence-corrected chi connectivity index (χ1v) is 9.97. The van der Waals surface area contributed by atoms with Gasteiger partial charge >= 0.3 is 6.18 Å². The monoisotopic (exact) mass is 418 g/mol. The Hall–Kier alpha value is -2.98. The molecule has 0 amide bonds. The molecule has 2 aliphatic rings. The largest absolute Gasteiger partial charge is 0.433 e. The molecule has 5 rings (SSSR count). The number of piperidine rings is 1. The van der Waals surface area contributed by atoms with Crippen molar-refractivity contribution in [3.63, 3.8) is 0 Å². The van der Waals surface area contributed by atoms with Gasteiger partial charge in [-0.3, -0.25) is 4.68 Å². The summed E-state index contributed by atoms with van der Waals surface area (Å²) in [5.41, 5.74) is -0.236. The molecular formula is C19H21F3N8. The molecule has 11 heteroatoms. The van der Waals surface area contributed by atoms with Crippen LogP contribution in [0.2, 0.25) is 0 Å². The number of rotatable bonds is 4. The fraction of sp³-hybridized carbons (Fsp3) is 0.526. The molecule has 1 saturated heterocycles. The van der Waals surface area contributed by atoms with Crippen LogP contribution in [0, 0.1) is 0 Å². The van der Waals surface area contributed by atoms with Gasteiger partial charge in [0, 0.05) is 44.5 Å². The predicted octanol–water partition coefficient (Wildman–Crippen LogP) is 2.81. The maximum absolute atomic E-state index is 13.1. The van der Waals surface area contributed by atoms with Crippen LogP contribution in [0.3, 0.4) is 0 Å². The second kappa shape index (κ2) is 7.06. The van der Waals surface area contributed by atoms with E-state index in [1.54, 1.807) is 4.68 Å². The van der Waals surface area contributed by atoms with Crippen molar-refractivity contribution in [2.24, 2.45) is 7.05 Å². The Morgan fingerprint density at radius 3 is 2.37 bits per heavy atom. The summed E-state index contributed by atoms with van der Waals surface area (Å²) in [5, 5.41) is 5.24. The molecular weight excluding hydrogens is 397 g/mol. The lowest BCUT2D eigenvalue weighted by molar-refractivity contribution is -0.141. The number of fused-ring (bicyclic) bond motifs is 1. The second-order valence-electron chi connectivity index (χ2n) is 7.85. The zero-order valence-electron chi connectivity index (χ0n) is 16.4. The van der Waals surface area contributed by atoms with Crippen molar-refractivity contribution in [2.45, 2.75) is 43.9 Å². The number of hydrogen-bond donors (Lipinski definition) is 0. The van der Waals surface area contributed by atoms with E-state index < -0.39 is 11.9 Å². The summed E-state index contributed by atoms with van der Waals surface area (Å²) in [6.45, 7) is 1.51. The van der Waals surface area contributed by atoms with E-state index in [0.29, 0.717) is 11.5 Å². The maximum atomic E-state index is 13.1. The Kier molecular flexibility index (Phi) is 4.48. The van der Waals surface area contributed by atoms with Crippen LogP contribution in [0.15, 0.2) is 24.9 Å². The molecule has 0 bridgehead atoms. The molecule has 1 aliphatic heterocycles. The third kappa shape index (κ3) is 3.52. The lowest BCUT2D eigenvalue weighted by Gasteiger charge is -2.40. The number of nitrogens with zero attached hydrogens (tertiary/aromatic N) is 8. The average Bonchev–Trinajstić information content (AvgIpc) is 3.47. The molecule has 4 heterocycles. The van der Waals surface area contributed by atoms with Gasteiger partial charge in [-0.15, -0.1) is 0 Å². The van der Waals surface area contributed by atoms with Crippen LogP contribution in [-0.2, 0) is 13.2 Å². The second-order valence-corrected chi connectivity index (χ2v) is 7.85. The highest BCUT2D eigenvalue weighted by Crippen LogP contribution is 2.37. The van der Waals surface area contributed by atoms with Gasteiger partial charge in [0.1, 0.15) is 30.0 Å². The fourth-order valence-corrected chi connectivity index (χ4v) is 4.21. The standard InChI is InChI=1S/C19H21F3N8/c1-28-9-14-17(27-28)25-11-26-18(14)29-6-4-13(5-7-29)30(12-2-3-12)16-8-15(19(20,21)22)23-10-24-16/h8-13H,2-7H2,1H3. The van der Waals surface area contributed by atoms with Gasteiger partial charge in [0.25, 0.3) is 0 Å². The molecule has 1 saturated carbocycles. The summed E-state index contributed by atoms with van der Waals surface area (Å²) in [7, 11) is 1.85. The highest BCUT2D eigenvalue weighted by Gasteiger charge is 2.39. The van der Waals surface area contributed by atoms with Gasteiger partial charge in [-0.05, 0) is 25.7 Å². The fourth-order valence-electron chi connectivity index (χ4n) is 4.21. The lowest BCUT2D eigenvalue weighted by atomic mass is 10.0. The summed E-state index contributed by atoms with van der Waals surface area (Å²) in [6.07, 6.45) is 3.56. The number of alkyl halides is 3. The van der Waals surface area contributed by atoms with Gasteiger partial charge in [-0.25, -0.2) is 19.9 Å². The minimum absolute atomic E-state index is 0.135. The Morgan fingerprint density at radius 2 is 1.67 bits per heavy atom. The van der Waals surface area contributed by atoms with Crippen LogP contribution in [0.1, 0.15) is 31.4 Å². The summed E-state index contributed by atoms with van der Waals surface area (Å²) < 4.78 is 41.1. The first kappa shape index (κ1) is 19.0. The number of aryl methyl sites for hydroxylation is 1. The van der Waals surface area contributed by atoms with Crippen LogP contribution >= 0.6 is 0 Å². The number of aromatic nitrogens is 6. The third-order valence-corrected chi connectivity index (χ3v) is 5.72. The Balaban J connectivity index is 1.36. The van der Waals surface area contributed by atoms with Crippen molar-refractivity contribution < 1.29 is 13.2 Å². The van der Waals surface area contributed by atoms with E-state index >= 15 is 0 Å². The minimum Gasteiger partial charge on any atom is -0.356 e. The van der Waals surface area contributed by atoms with E-state index in [2.05, 4.69) is 34.8 Å². The highest BCUT2D eigenvalue weighted by atomic mass is 19.4. The van der Waals surface area contributed by atoms with Crippen molar-refractivity contribution in [3.8, 4) is 0 Å². The third-order valence-electron chi connectivity index (χ3n) is 5.72. The van der Waals surface area contributed by atoms with E-state index in [-0.39, 0.29) is 12.1 Å². The van der Waals surface area contributed by atoms with Crippen molar-refractivity contribution in [3.05, 3.63) is 30.6 Å². The summed E-state index contributed by atoms with van der Waals surface area (Å²) >= 11 is 0. The molecule has 3 aromatic heterocycles. The Morgan fingerprint density at radius 1 is 0.967 bits per heavy atom. The molecule has 0 unspecified atom stereocenters. The van der Waals surface area contributed by atoms with Crippen LogP contribution in [0.25, 0.3) is 11.0 Å². The summed E-state index contributed by atoms with van der Waals surface area (Å²) in [4.78, 5) is 20.5. The molecule has 0 spiro atoms. The van der Waals surface area contributed by atoms with E-state index in [4.69, 9.17) is 0 Å². The molecule has 8 nitrogen and oxygen atoms in total. The Bertz CT molecular complexity index is 1050. The van der Waals surface area contributed by atoms with Crippen LogP contribution in [0.4, 0.5) is 24.8 Å². The number of halogens is 3. The van der Waals surface area contributed by atoms with Crippen LogP contribution in [-0.4, -0.2) is 54.9 Å². The Labute approximate surface area is 170 Å².